The Kier molecular flexibility index (Phi) is 4.32. The van der Waals surface area contributed by atoms with E-state index in [0.717, 1.165) is 5.02 Å². The van der Waals surface area contributed by atoms with Gasteiger partial charge in [0.25, 0.3) is 0 Å². The molecule has 114 valence electrons. The maximum absolute atomic E-state index is 10.3. The molecular formula is C17H16ClNO3. The molecule has 1 heterocycles. The Bertz CT molecular complexity index is 685. The van der Waals surface area contributed by atoms with Crippen LogP contribution in [0.2, 0.25) is 5.02 Å². The van der Waals surface area contributed by atoms with Gasteiger partial charge in [-0.3, -0.25) is 0 Å². The van der Waals surface area contributed by atoms with Crippen molar-refractivity contribution >= 4 is 17.7 Å². The number of hydrogen-bond acceptors (Lipinski definition) is 3. The molecule has 1 fully saturated rings. The molecular weight excluding hydrogens is 302 g/mol. The summed E-state index contributed by atoms with van der Waals surface area (Å²) < 4.78 is 9.48. The van der Waals surface area contributed by atoms with Crippen molar-refractivity contribution in [3.05, 3.63) is 47.5 Å². The van der Waals surface area contributed by atoms with E-state index in [1.165, 1.54) is 22.3 Å². The van der Waals surface area contributed by atoms with Gasteiger partial charge in [0.1, 0.15) is 6.10 Å². The van der Waals surface area contributed by atoms with E-state index in [1.807, 2.05) is 12.1 Å². The Morgan fingerprint density at radius 1 is 1.18 bits per heavy atom. The van der Waals surface area contributed by atoms with Gasteiger partial charge >= 0.3 is 6.09 Å². The van der Waals surface area contributed by atoms with Gasteiger partial charge in [-0.1, -0.05) is 35.9 Å². The van der Waals surface area contributed by atoms with E-state index >= 15 is 0 Å². The monoisotopic (exact) mass is 317 g/mol. The molecule has 1 amide bonds. The Morgan fingerprint density at radius 3 is 2.36 bits per heavy atom. The second-order valence-corrected chi connectivity index (χ2v) is 5.57. The summed E-state index contributed by atoms with van der Waals surface area (Å²) in [5.74, 6) is 0. The van der Waals surface area contributed by atoms with Gasteiger partial charge in [-0.15, -0.1) is 0 Å². The van der Waals surface area contributed by atoms with Crippen LogP contribution in [-0.4, -0.2) is 32.5 Å². The Labute approximate surface area is 134 Å². The van der Waals surface area contributed by atoms with Gasteiger partial charge in [-0.2, -0.15) is 0 Å². The molecule has 1 aromatic rings. The molecule has 0 spiro atoms. The molecule has 0 bridgehead atoms. The minimum absolute atomic E-state index is 0.0949. The molecule has 3 aliphatic rings. The van der Waals surface area contributed by atoms with Gasteiger partial charge in [-0.05, 0) is 40.5 Å². The lowest BCUT2D eigenvalue weighted by molar-refractivity contribution is 0.0717. The number of methoxy groups -OCH3 is 1. The number of rotatable bonds is 3. The zero-order valence-corrected chi connectivity index (χ0v) is 12.9. The number of carbonyl (C=O) groups is 1. The fourth-order valence-electron chi connectivity index (χ4n) is 2.37. The van der Waals surface area contributed by atoms with Crippen molar-refractivity contribution in [2.45, 2.75) is 6.10 Å². The van der Waals surface area contributed by atoms with Crippen molar-refractivity contribution < 1.29 is 14.3 Å². The molecule has 0 saturated carbocycles. The van der Waals surface area contributed by atoms with Gasteiger partial charge in [0, 0.05) is 12.1 Å². The van der Waals surface area contributed by atoms with Crippen LogP contribution in [0.4, 0.5) is 4.79 Å². The molecule has 1 unspecified atom stereocenters. The molecule has 0 radical (unpaired) electrons. The molecule has 2 aliphatic carbocycles. The number of alkyl carbamates (subject to hydrolysis) is 1. The van der Waals surface area contributed by atoms with E-state index in [4.69, 9.17) is 21.1 Å². The molecule has 0 aromatic heterocycles. The smallest absolute Gasteiger partial charge is 0.407 e. The van der Waals surface area contributed by atoms with E-state index in [2.05, 4.69) is 35.6 Å². The molecule has 1 N–H and O–H groups in total. The highest BCUT2D eigenvalue weighted by atomic mass is 35.5. The fourth-order valence-corrected chi connectivity index (χ4v) is 2.49. The van der Waals surface area contributed by atoms with Gasteiger partial charge in [-0.25, -0.2) is 4.79 Å². The van der Waals surface area contributed by atoms with E-state index in [1.54, 1.807) is 7.11 Å². The summed E-state index contributed by atoms with van der Waals surface area (Å²) in [5.41, 5.74) is 5.37. The number of halogens is 1. The van der Waals surface area contributed by atoms with Crippen LogP contribution in [0.15, 0.2) is 42.5 Å². The first-order valence-corrected chi connectivity index (χ1v) is 7.39. The number of nitrogens with one attached hydrogen (secondary N) is 1. The quantitative estimate of drug-likeness (QED) is 0.800. The zero-order valence-electron chi connectivity index (χ0n) is 12.1. The van der Waals surface area contributed by atoms with E-state index in [-0.39, 0.29) is 12.2 Å². The first kappa shape index (κ1) is 14.9. The Morgan fingerprint density at radius 2 is 1.91 bits per heavy atom. The predicted octanol–water partition coefficient (Wildman–Crippen LogP) is 3.73. The highest BCUT2D eigenvalue weighted by Crippen LogP contribution is 2.43. The number of cyclic esters (lactones) is 1. The number of benzene rings is 2. The van der Waals surface area contributed by atoms with Crippen LogP contribution in [0.5, 0.6) is 0 Å². The molecule has 1 aliphatic heterocycles. The Balaban J connectivity index is 0.000000142. The molecule has 1 saturated heterocycles. The third-order valence-corrected chi connectivity index (χ3v) is 3.84. The summed E-state index contributed by atoms with van der Waals surface area (Å²) in [5, 5.41) is 3.31. The highest BCUT2D eigenvalue weighted by molar-refractivity contribution is 6.30. The second-order valence-electron chi connectivity index (χ2n) is 5.13. The number of carbonyl (C=O) groups excluding carboxylic acids is 1. The fraction of sp³-hybridized carbons (Fsp3) is 0.235. The maximum Gasteiger partial charge on any atom is 0.407 e. The number of hydrogen-bond donors (Lipinski definition) is 1. The van der Waals surface area contributed by atoms with Gasteiger partial charge in [0.15, 0.2) is 0 Å². The van der Waals surface area contributed by atoms with E-state index < -0.39 is 0 Å². The first-order valence-electron chi connectivity index (χ1n) is 7.01. The van der Waals surface area contributed by atoms with Crippen LogP contribution in [0.25, 0.3) is 22.3 Å². The minimum Gasteiger partial charge on any atom is -0.442 e. The third-order valence-electron chi connectivity index (χ3n) is 3.59. The highest BCUT2D eigenvalue weighted by Gasteiger charge is 2.21. The van der Waals surface area contributed by atoms with Crippen molar-refractivity contribution in [2.24, 2.45) is 0 Å². The third kappa shape index (κ3) is 3.08. The lowest BCUT2D eigenvalue weighted by Gasteiger charge is -2.21. The maximum atomic E-state index is 10.3. The average Bonchev–Trinajstić information content (AvgIpc) is 2.90. The summed E-state index contributed by atoms with van der Waals surface area (Å²) in [4.78, 5) is 10.3. The lowest BCUT2D eigenvalue weighted by atomic mass is 9.83. The average molecular weight is 318 g/mol. The van der Waals surface area contributed by atoms with Gasteiger partial charge in [0.05, 0.1) is 13.2 Å². The standard InChI is InChI=1S/C12H7Cl.C5H9NO3/c13-10-4-1-8(2-5-10)12-7-9-3-6-11(9)12;1-8-3-4-2-6-5(7)9-4/h1-7H;4H,2-3H2,1H3,(H,6,7). The van der Waals surface area contributed by atoms with E-state index in [0.29, 0.717) is 13.2 Å². The van der Waals surface area contributed by atoms with Crippen molar-refractivity contribution in [1.29, 1.82) is 0 Å². The molecule has 22 heavy (non-hydrogen) atoms. The molecule has 1 atom stereocenters. The van der Waals surface area contributed by atoms with Crippen molar-refractivity contribution in [3.8, 4) is 22.3 Å². The zero-order chi connectivity index (χ0) is 15.5. The van der Waals surface area contributed by atoms with Crippen LogP contribution >= 0.6 is 11.6 Å². The summed E-state index contributed by atoms with van der Waals surface area (Å²) in [6.07, 6.45) is -0.445. The van der Waals surface area contributed by atoms with Crippen LogP contribution in [-0.2, 0) is 9.47 Å². The number of fused-ring (bicyclic) bond motifs is 1. The van der Waals surface area contributed by atoms with Crippen LogP contribution in [0, 0.1) is 0 Å². The van der Waals surface area contributed by atoms with Crippen LogP contribution in [0.1, 0.15) is 0 Å². The molecule has 4 rings (SSSR count). The topological polar surface area (TPSA) is 47.6 Å². The van der Waals surface area contributed by atoms with Crippen molar-refractivity contribution in [2.75, 3.05) is 20.3 Å². The van der Waals surface area contributed by atoms with E-state index in [9.17, 15) is 4.79 Å². The summed E-state index contributed by atoms with van der Waals surface area (Å²) in [6.45, 7) is 1.03. The minimum atomic E-state index is -0.350. The van der Waals surface area contributed by atoms with Crippen molar-refractivity contribution in [1.82, 2.24) is 5.32 Å². The summed E-state index contributed by atoms with van der Waals surface area (Å²) in [7, 11) is 1.58. The predicted molar refractivity (Wildman–Crippen MR) is 86.0 cm³/mol. The lowest BCUT2D eigenvalue weighted by Crippen LogP contribution is -2.19. The summed E-state index contributed by atoms with van der Waals surface area (Å²) in [6, 6.07) is 14.5. The van der Waals surface area contributed by atoms with Gasteiger partial charge in [0.2, 0.25) is 0 Å². The number of amides is 1. The normalized spacial score (nSPS) is 17.2. The van der Waals surface area contributed by atoms with Gasteiger partial charge < -0.3 is 14.8 Å². The number of ether oxygens (including phenoxy) is 2. The SMILES string of the molecule is COCC1CNC(=O)O1.Clc1ccc(-c2cc3ccc2-3)cc1. The van der Waals surface area contributed by atoms with Crippen LogP contribution < -0.4 is 5.32 Å². The van der Waals surface area contributed by atoms with Crippen molar-refractivity contribution in [3.63, 3.8) is 0 Å². The van der Waals surface area contributed by atoms with Crippen LogP contribution in [0.3, 0.4) is 0 Å². The first-order chi connectivity index (χ1) is 10.7. The Hall–Kier alpha value is -2.04. The molecule has 4 nitrogen and oxygen atoms in total. The molecule has 1 aromatic carbocycles. The molecule has 5 heteroatoms. The second kappa shape index (κ2) is 6.38. The summed E-state index contributed by atoms with van der Waals surface area (Å²) >= 11 is 5.81. The largest absolute Gasteiger partial charge is 0.442 e.